The van der Waals surface area contributed by atoms with Crippen molar-refractivity contribution < 1.29 is 18.7 Å². The first kappa shape index (κ1) is 16.5. The van der Waals surface area contributed by atoms with E-state index in [0.29, 0.717) is 23.3 Å². The van der Waals surface area contributed by atoms with Gasteiger partial charge < -0.3 is 19.2 Å². The molecule has 0 saturated carbocycles. The summed E-state index contributed by atoms with van der Waals surface area (Å²) in [5.74, 6) is 0.180. The minimum atomic E-state index is -0.658. The van der Waals surface area contributed by atoms with Gasteiger partial charge in [0.05, 0.1) is 12.2 Å². The molecule has 0 bridgehead atoms. The minimum absolute atomic E-state index is 0.00183. The zero-order valence-corrected chi connectivity index (χ0v) is 13.8. The molecule has 128 valence electrons. The summed E-state index contributed by atoms with van der Waals surface area (Å²) in [6, 6.07) is 6.76. The number of hydrogen-bond acceptors (Lipinski definition) is 5. The number of carbonyl (C=O) groups is 1. The quantitative estimate of drug-likeness (QED) is 0.852. The summed E-state index contributed by atoms with van der Waals surface area (Å²) >= 11 is 0. The minimum Gasteiger partial charge on any atom is -0.491 e. The number of ether oxygens (including phenoxy) is 2. The van der Waals surface area contributed by atoms with Gasteiger partial charge in [-0.3, -0.25) is 4.79 Å². The molecular weight excluding hydrogens is 310 g/mol. The zero-order valence-electron chi connectivity index (χ0n) is 13.8. The second-order valence-electron chi connectivity index (χ2n) is 6.16. The van der Waals surface area contributed by atoms with Crippen LogP contribution in [0.15, 0.2) is 33.5 Å². The van der Waals surface area contributed by atoms with Crippen molar-refractivity contribution in [2.75, 3.05) is 13.2 Å². The van der Waals surface area contributed by atoms with Gasteiger partial charge in [0.15, 0.2) is 0 Å². The van der Waals surface area contributed by atoms with Crippen molar-refractivity contribution >= 4 is 16.9 Å². The molecule has 0 aliphatic carbocycles. The van der Waals surface area contributed by atoms with Gasteiger partial charge in [-0.05, 0) is 44.9 Å². The lowest BCUT2D eigenvalue weighted by molar-refractivity contribution is 0.0855. The SMILES string of the molecule is CC(C)Oc1ccc2cc(C(=O)NCC3CCCO3)c(=O)oc2c1. The first-order valence-electron chi connectivity index (χ1n) is 8.17. The summed E-state index contributed by atoms with van der Waals surface area (Å²) in [5, 5.41) is 3.41. The second-order valence-corrected chi connectivity index (χ2v) is 6.16. The fourth-order valence-corrected chi connectivity index (χ4v) is 2.70. The Labute approximate surface area is 139 Å². The third kappa shape index (κ3) is 3.76. The van der Waals surface area contributed by atoms with Crippen molar-refractivity contribution in [1.82, 2.24) is 5.32 Å². The van der Waals surface area contributed by atoms with E-state index in [0.717, 1.165) is 19.4 Å². The van der Waals surface area contributed by atoms with Crippen LogP contribution in [-0.2, 0) is 4.74 Å². The van der Waals surface area contributed by atoms with Gasteiger partial charge in [0.1, 0.15) is 16.9 Å². The summed E-state index contributed by atoms with van der Waals surface area (Å²) < 4.78 is 16.3. The van der Waals surface area contributed by atoms with Crippen molar-refractivity contribution in [2.24, 2.45) is 0 Å². The lowest BCUT2D eigenvalue weighted by atomic mass is 10.1. The number of carbonyl (C=O) groups excluding carboxylic acids is 1. The molecule has 1 aromatic carbocycles. The average molecular weight is 331 g/mol. The summed E-state index contributed by atoms with van der Waals surface area (Å²) in [4.78, 5) is 24.3. The van der Waals surface area contributed by atoms with Crippen LogP contribution in [0.4, 0.5) is 0 Å². The maximum Gasteiger partial charge on any atom is 0.349 e. The predicted octanol–water partition coefficient (Wildman–Crippen LogP) is 2.49. The lowest BCUT2D eigenvalue weighted by Crippen LogP contribution is -2.34. The largest absolute Gasteiger partial charge is 0.491 e. The highest BCUT2D eigenvalue weighted by molar-refractivity contribution is 5.96. The van der Waals surface area contributed by atoms with Crippen molar-refractivity contribution in [3.05, 3.63) is 40.2 Å². The molecule has 1 saturated heterocycles. The Balaban J connectivity index is 1.79. The molecule has 24 heavy (non-hydrogen) atoms. The average Bonchev–Trinajstić information content (AvgIpc) is 3.04. The summed E-state index contributed by atoms with van der Waals surface area (Å²) in [5.41, 5.74) is -0.263. The molecule has 3 rings (SSSR count). The standard InChI is InChI=1S/C18H21NO5/c1-11(2)23-13-6-5-12-8-15(18(21)24-16(12)9-13)17(20)19-10-14-4-3-7-22-14/h5-6,8-9,11,14H,3-4,7,10H2,1-2H3,(H,19,20). The highest BCUT2D eigenvalue weighted by atomic mass is 16.5. The van der Waals surface area contributed by atoms with Crippen LogP contribution in [0, 0.1) is 0 Å². The van der Waals surface area contributed by atoms with Gasteiger partial charge in [0.2, 0.25) is 0 Å². The predicted molar refractivity (Wildman–Crippen MR) is 89.6 cm³/mol. The van der Waals surface area contributed by atoms with Gasteiger partial charge in [-0.25, -0.2) is 4.79 Å². The first-order valence-corrected chi connectivity index (χ1v) is 8.17. The smallest absolute Gasteiger partial charge is 0.349 e. The van der Waals surface area contributed by atoms with E-state index in [9.17, 15) is 9.59 Å². The van der Waals surface area contributed by atoms with Gasteiger partial charge in [0.25, 0.3) is 5.91 Å². The van der Waals surface area contributed by atoms with E-state index in [4.69, 9.17) is 13.9 Å². The van der Waals surface area contributed by atoms with Crippen molar-refractivity contribution in [1.29, 1.82) is 0 Å². The maximum atomic E-state index is 12.2. The van der Waals surface area contributed by atoms with Crippen LogP contribution in [0.25, 0.3) is 11.0 Å². The topological polar surface area (TPSA) is 77.8 Å². The Bertz CT molecular complexity index is 790. The summed E-state index contributed by atoms with van der Waals surface area (Å²) in [7, 11) is 0. The number of rotatable bonds is 5. The van der Waals surface area contributed by atoms with Gasteiger partial charge >= 0.3 is 5.63 Å². The Morgan fingerprint density at radius 2 is 2.21 bits per heavy atom. The van der Waals surface area contributed by atoms with E-state index in [-0.39, 0.29) is 17.8 Å². The third-order valence-electron chi connectivity index (χ3n) is 3.84. The molecule has 6 heteroatoms. The van der Waals surface area contributed by atoms with Gasteiger partial charge in [-0.1, -0.05) is 0 Å². The molecule has 0 spiro atoms. The highest BCUT2D eigenvalue weighted by Crippen LogP contribution is 2.21. The molecule has 1 amide bonds. The molecule has 1 aromatic heterocycles. The molecule has 1 N–H and O–H groups in total. The molecule has 2 heterocycles. The Kier molecular flexibility index (Phi) is 4.85. The van der Waals surface area contributed by atoms with Crippen LogP contribution in [0.2, 0.25) is 0 Å². The second kappa shape index (κ2) is 7.05. The van der Waals surface area contributed by atoms with E-state index >= 15 is 0 Å². The number of benzene rings is 1. The maximum absolute atomic E-state index is 12.2. The summed E-state index contributed by atoms with van der Waals surface area (Å²) in [6.07, 6.45) is 1.97. The van der Waals surface area contributed by atoms with Crippen LogP contribution in [0.3, 0.4) is 0 Å². The Hall–Kier alpha value is -2.34. The molecule has 6 nitrogen and oxygen atoms in total. The van der Waals surface area contributed by atoms with Crippen molar-refractivity contribution in [3.63, 3.8) is 0 Å². The molecule has 2 aromatic rings. The third-order valence-corrected chi connectivity index (χ3v) is 3.84. The number of amides is 1. The van der Waals surface area contributed by atoms with E-state index in [1.165, 1.54) is 0 Å². The Morgan fingerprint density at radius 3 is 2.92 bits per heavy atom. The molecular formula is C18H21NO5. The summed E-state index contributed by atoms with van der Waals surface area (Å²) in [6.45, 7) is 4.96. The number of nitrogens with one attached hydrogen (secondary N) is 1. The van der Waals surface area contributed by atoms with Crippen LogP contribution >= 0.6 is 0 Å². The molecule has 1 fully saturated rings. The number of hydrogen-bond donors (Lipinski definition) is 1. The lowest BCUT2D eigenvalue weighted by Gasteiger charge is -2.11. The normalized spacial score (nSPS) is 17.4. The molecule has 1 atom stereocenters. The van der Waals surface area contributed by atoms with Crippen LogP contribution in [0.5, 0.6) is 5.75 Å². The van der Waals surface area contributed by atoms with E-state index in [1.807, 2.05) is 13.8 Å². The van der Waals surface area contributed by atoms with E-state index in [1.54, 1.807) is 24.3 Å². The van der Waals surface area contributed by atoms with E-state index < -0.39 is 11.5 Å². The van der Waals surface area contributed by atoms with Gasteiger partial charge in [-0.15, -0.1) is 0 Å². The fourth-order valence-electron chi connectivity index (χ4n) is 2.70. The van der Waals surface area contributed by atoms with Crippen LogP contribution < -0.4 is 15.7 Å². The van der Waals surface area contributed by atoms with Gasteiger partial charge in [0, 0.05) is 24.6 Å². The van der Waals surface area contributed by atoms with Crippen molar-refractivity contribution in [2.45, 2.75) is 38.9 Å². The molecule has 1 aliphatic rings. The van der Waals surface area contributed by atoms with Crippen LogP contribution in [-0.4, -0.2) is 31.3 Å². The van der Waals surface area contributed by atoms with E-state index in [2.05, 4.69) is 5.32 Å². The van der Waals surface area contributed by atoms with Gasteiger partial charge in [-0.2, -0.15) is 0 Å². The first-order chi connectivity index (χ1) is 11.5. The Morgan fingerprint density at radius 1 is 1.38 bits per heavy atom. The fraction of sp³-hybridized carbons (Fsp3) is 0.444. The molecule has 1 unspecified atom stereocenters. The van der Waals surface area contributed by atoms with Crippen LogP contribution in [0.1, 0.15) is 37.0 Å². The zero-order chi connectivity index (χ0) is 17.1. The molecule has 0 radical (unpaired) electrons. The van der Waals surface area contributed by atoms with Crippen molar-refractivity contribution in [3.8, 4) is 5.75 Å². The number of fused-ring (bicyclic) bond motifs is 1. The molecule has 1 aliphatic heterocycles. The highest BCUT2D eigenvalue weighted by Gasteiger charge is 2.19. The monoisotopic (exact) mass is 331 g/mol.